The van der Waals surface area contributed by atoms with E-state index in [1.165, 1.54) is 42.5 Å². The first-order valence-corrected chi connectivity index (χ1v) is 12.8. The minimum absolute atomic E-state index is 0.00849. The number of nitrogens with zero attached hydrogens (tertiary/aromatic N) is 1. The molecule has 0 saturated heterocycles. The Morgan fingerprint density at radius 3 is 2.02 bits per heavy atom. The summed E-state index contributed by atoms with van der Waals surface area (Å²) in [7, 11) is 0. The number of amides is 1. The summed E-state index contributed by atoms with van der Waals surface area (Å²) in [5.41, 5.74) is 1.23. The van der Waals surface area contributed by atoms with E-state index in [-0.39, 0.29) is 31.1 Å². The van der Waals surface area contributed by atoms with Crippen LogP contribution in [0.3, 0.4) is 0 Å². The zero-order chi connectivity index (χ0) is 33.3. The maximum Gasteiger partial charge on any atom is 0.460 e. The second-order valence-corrected chi connectivity index (χ2v) is 9.16. The lowest BCUT2D eigenvalue weighted by atomic mass is 10.1. The molecular formula is C27H28F9NO7. The van der Waals surface area contributed by atoms with Crippen LogP contribution in [0.2, 0.25) is 0 Å². The maximum atomic E-state index is 13.8. The zero-order valence-corrected chi connectivity index (χ0v) is 23.2. The monoisotopic (exact) mass is 649 g/mol. The Hall–Kier alpha value is -3.73. The number of carboxylic acid groups (broad SMARTS) is 1. The van der Waals surface area contributed by atoms with Crippen molar-refractivity contribution in [3.05, 3.63) is 59.7 Å². The third-order valence-electron chi connectivity index (χ3n) is 5.83. The molecule has 0 aromatic heterocycles. The average Bonchev–Trinajstić information content (AvgIpc) is 2.91. The first kappa shape index (κ1) is 36.5. The number of alkyl halides is 9. The molecule has 0 radical (unpaired) electrons. The summed E-state index contributed by atoms with van der Waals surface area (Å²) < 4.78 is 137. The lowest BCUT2D eigenvalue weighted by molar-refractivity contribution is -0.443. The van der Waals surface area contributed by atoms with Gasteiger partial charge >= 0.3 is 36.2 Å². The van der Waals surface area contributed by atoms with Crippen LogP contribution in [0.4, 0.5) is 44.3 Å². The highest BCUT2D eigenvalue weighted by atomic mass is 19.4. The van der Waals surface area contributed by atoms with Crippen molar-refractivity contribution >= 4 is 12.1 Å². The van der Waals surface area contributed by atoms with E-state index < -0.39 is 62.0 Å². The molecule has 246 valence electrons. The first-order chi connectivity index (χ1) is 20.3. The highest BCUT2D eigenvalue weighted by Gasteiger charge is 2.82. The molecule has 0 bridgehead atoms. The number of benzene rings is 2. The molecule has 1 atom stereocenters. The van der Waals surface area contributed by atoms with Crippen LogP contribution in [0.1, 0.15) is 18.1 Å². The van der Waals surface area contributed by atoms with Gasteiger partial charge in [0.05, 0.1) is 13.2 Å². The highest BCUT2D eigenvalue weighted by molar-refractivity contribution is 5.72. The van der Waals surface area contributed by atoms with Crippen LogP contribution in [-0.4, -0.2) is 85.2 Å². The second kappa shape index (κ2) is 14.8. The molecule has 8 nitrogen and oxygen atoms in total. The van der Waals surface area contributed by atoms with Gasteiger partial charge in [0.15, 0.2) is 6.10 Å². The summed E-state index contributed by atoms with van der Waals surface area (Å²) in [6.07, 6.45) is -15.6. The van der Waals surface area contributed by atoms with Gasteiger partial charge in [-0.05, 0) is 49.2 Å². The predicted molar refractivity (Wildman–Crippen MR) is 134 cm³/mol. The van der Waals surface area contributed by atoms with E-state index in [0.717, 1.165) is 0 Å². The molecule has 0 fully saturated rings. The number of aliphatic carboxylic acids is 1. The molecule has 1 amide bonds. The molecule has 1 unspecified atom stereocenters. The quantitative estimate of drug-likeness (QED) is 0.212. The van der Waals surface area contributed by atoms with Gasteiger partial charge in [-0.3, -0.25) is 0 Å². The molecule has 0 heterocycles. The molecule has 2 rings (SSSR count). The minimum Gasteiger partial charge on any atom is -0.492 e. The Balaban J connectivity index is 2.09. The van der Waals surface area contributed by atoms with Gasteiger partial charge in [-0.15, -0.1) is 0 Å². The van der Waals surface area contributed by atoms with Gasteiger partial charge in [0.2, 0.25) is 0 Å². The van der Waals surface area contributed by atoms with Crippen molar-refractivity contribution in [3.8, 4) is 11.5 Å². The fourth-order valence-corrected chi connectivity index (χ4v) is 3.50. The molecular weight excluding hydrogens is 621 g/mol. The van der Waals surface area contributed by atoms with Crippen LogP contribution in [-0.2, 0) is 20.7 Å². The van der Waals surface area contributed by atoms with Crippen LogP contribution in [0.5, 0.6) is 11.5 Å². The maximum absolute atomic E-state index is 13.8. The Labute approximate surface area is 245 Å². The van der Waals surface area contributed by atoms with Crippen molar-refractivity contribution in [1.82, 2.24) is 4.90 Å². The normalized spacial score (nSPS) is 13.3. The Bertz CT molecular complexity index is 1240. The lowest BCUT2D eigenvalue weighted by Crippen LogP contribution is -2.62. The number of carbonyl (C=O) groups is 2. The number of carbonyl (C=O) groups excluding carboxylic acids is 1. The number of hydrogen-bond acceptors (Lipinski definition) is 6. The van der Waals surface area contributed by atoms with Crippen molar-refractivity contribution in [2.75, 3.05) is 32.9 Å². The molecule has 0 spiro atoms. The van der Waals surface area contributed by atoms with Crippen molar-refractivity contribution in [3.63, 3.8) is 0 Å². The third kappa shape index (κ3) is 9.38. The average molecular weight is 650 g/mol. The van der Waals surface area contributed by atoms with Crippen molar-refractivity contribution < 1.29 is 73.2 Å². The molecule has 0 aliphatic carbocycles. The van der Waals surface area contributed by atoms with Crippen LogP contribution >= 0.6 is 0 Å². The summed E-state index contributed by atoms with van der Waals surface area (Å²) in [6, 6.07) is 11.9. The van der Waals surface area contributed by atoms with Gasteiger partial charge in [0.1, 0.15) is 18.1 Å². The molecule has 0 saturated carbocycles. The van der Waals surface area contributed by atoms with Gasteiger partial charge in [0, 0.05) is 19.6 Å². The number of halogens is 9. The van der Waals surface area contributed by atoms with Crippen molar-refractivity contribution in [1.29, 1.82) is 0 Å². The fourth-order valence-electron chi connectivity index (χ4n) is 3.50. The van der Waals surface area contributed by atoms with Crippen LogP contribution < -0.4 is 9.47 Å². The molecule has 44 heavy (non-hydrogen) atoms. The van der Waals surface area contributed by atoms with E-state index in [9.17, 15) is 54.2 Å². The summed E-state index contributed by atoms with van der Waals surface area (Å²) in [6.45, 7) is 0.0143. The number of carboxylic acids is 1. The zero-order valence-electron chi connectivity index (χ0n) is 23.2. The van der Waals surface area contributed by atoms with Gasteiger partial charge in [-0.1, -0.05) is 24.3 Å². The smallest absolute Gasteiger partial charge is 0.460 e. The molecule has 2 aromatic carbocycles. The fraction of sp³-hybridized carbons (Fsp3) is 0.481. The van der Waals surface area contributed by atoms with Crippen LogP contribution in [0.15, 0.2) is 48.5 Å². The van der Waals surface area contributed by atoms with Gasteiger partial charge in [-0.25, -0.2) is 9.59 Å². The van der Waals surface area contributed by atoms with E-state index in [1.54, 1.807) is 19.9 Å². The topological polar surface area (TPSA) is 94.5 Å². The van der Waals surface area contributed by atoms with Crippen LogP contribution in [0.25, 0.3) is 0 Å². The Morgan fingerprint density at radius 2 is 1.48 bits per heavy atom. The molecule has 1 N–H and O–H groups in total. The van der Waals surface area contributed by atoms with E-state index in [0.29, 0.717) is 16.0 Å². The van der Waals surface area contributed by atoms with E-state index in [4.69, 9.17) is 14.2 Å². The van der Waals surface area contributed by atoms with Crippen LogP contribution in [0, 0.1) is 6.92 Å². The minimum atomic E-state index is -7.13. The van der Waals surface area contributed by atoms with Gasteiger partial charge in [-0.2, -0.15) is 39.5 Å². The number of aryl methyl sites for hydroxylation is 1. The Morgan fingerprint density at radius 1 is 0.864 bits per heavy atom. The van der Waals surface area contributed by atoms with Gasteiger partial charge in [0.25, 0.3) is 0 Å². The SMILES string of the molecule is CCOC(Cc1ccc(OCCN(CCOC(F)(F)C(F)(F)C(F)(F)C(F)(F)F)C(=O)Oc2cccc(C)c2)cc1)C(=O)O. The number of ether oxygens (including phenoxy) is 4. The van der Waals surface area contributed by atoms with E-state index in [2.05, 4.69) is 4.74 Å². The predicted octanol–water partition coefficient (Wildman–Crippen LogP) is 6.35. The van der Waals surface area contributed by atoms with E-state index in [1.807, 2.05) is 0 Å². The second-order valence-electron chi connectivity index (χ2n) is 9.16. The largest absolute Gasteiger partial charge is 0.492 e. The molecule has 17 heteroatoms. The highest BCUT2D eigenvalue weighted by Crippen LogP contribution is 2.53. The van der Waals surface area contributed by atoms with Gasteiger partial charge < -0.3 is 29.0 Å². The molecule has 0 aliphatic heterocycles. The van der Waals surface area contributed by atoms with Crippen molar-refractivity contribution in [2.45, 2.75) is 50.5 Å². The summed E-state index contributed by atoms with van der Waals surface area (Å²) in [5, 5.41) is 9.20. The standard InChI is InChI=1S/C27H28F9NO7/c1-3-41-21(22(38)39)16-18-7-9-19(10-8-18)42-13-11-37(23(40)44-20-6-4-5-17(2)15-20)12-14-43-27(35,36)25(30,31)24(28,29)26(32,33)34/h4-10,15,21H,3,11-14,16H2,1-2H3,(H,38,39). The van der Waals surface area contributed by atoms with E-state index >= 15 is 0 Å². The van der Waals surface area contributed by atoms with Crippen molar-refractivity contribution in [2.24, 2.45) is 0 Å². The Kier molecular flexibility index (Phi) is 12.3. The summed E-state index contributed by atoms with van der Waals surface area (Å²) in [4.78, 5) is 24.6. The lowest BCUT2D eigenvalue weighted by Gasteiger charge is -2.33. The summed E-state index contributed by atoms with van der Waals surface area (Å²) in [5.74, 6) is -15.1. The number of hydrogen-bond donors (Lipinski definition) is 1. The first-order valence-electron chi connectivity index (χ1n) is 12.8. The summed E-state index contributed by atoms with van der Waals surface area (Å²) >= 11 is 0. The molecule has 0 aliphatic rings. The molecule has 2 aromatic rings. The number of rotatable bonds is 16. The third-order valence-corrected chi connectivity index (χ3v) is 5.83.